The molecule has 0 aliphatic heterocycles. The van der Waals surface area contributed by atoms with Crippen LogP contribution in [0.15, 0.2) is 73.3 Å². The van der Waals surface area contributed by atoms with Crippen molar-refractivity contribution in [3.63, 3.8) is 0 Å². The normalized spacial score (nSPS) is 11.3. The highest BCUT2D eigenvalue weighted by molar-refractivity contribution is 6.00. The largest absolute Gasteiger partial charge is 0.416 e. The Morgan fingerprint density at radius 3 is 2.41 bits per heavy atom. The Morgan fingerprint density at radius 1 is 0.941 bits per heavy atom. The fraction of sp³-hybridized carbons (Fsp3) is 0.160. The molecule has 0 bridgehead atoms. The number of pyridine rings is 1. The third kappa shape index (κ3) is 5.25. The molecule has 0 unspecified atom stereocenters. The van der Waals surface area contributed by atoms with Crippen molar-refractivity contribution >= 4 is 17.4 Å². The van der Waals surface area contributed by atoms with E-state index in [-0.39, 0.29) is 11.3 Å². The maximum absolute atomic E-state index is 13.1. The van der Waals surface area contributed by atoms with Crippen LogP contribution in [0.3, 0.4) is 0 Å². The van der Waals surface area contributed by atoms with E-state index in [9.17, 15) is 18.0 Å². The van der Waals surface area contributed by atoms with E-state index >= 15 is 0 Å². The van der Waals surface area contributed by atoms with Crippen molar-refractivity contribution in [3.05, 3.63) is 101 Å². The number of carbonyl (C=O) groups is 1. The number of hydrogen-bond acceptors (Lipinski definition) is 3. The maximum atomic E-state index is 13.1. The number of benzene rings is 2. The standard InChI is InChI=1S/C25H22F3N5O/c1-16-3-4-19(15-21(16)25(26,27)28)31-24(34)32-22-6-5-20(13-17(22)2)33-12-11-30-23(33)14-18-7-9-29-10-8-18/h3-13,15H,14H2,1-2H3,(H2,31,32,34). The second-order valence-electron chi connectivity index (χ2n) is 7.85. The first-order valence-electron chi connectivity index (χ1n) is 10.5. The molecule has 174 valence electrons. The van der Waals surface area contributed by atoms with Crippen molar-refractivity contribution in [3.8, 4) is 5.69 Å². The van der Waals surface area contributed by atoms with Gasteiger partial charge in [-0.1, -0.05) is 6.07 Å². The van der Waals surface area contributed by atoms with Crippen molar-refractivity contribution in [2.45, 2.75) is 26.4 Å². The Hall–Kier alpha value is -4.14. The number of anilines is 2. The predicted octanol–water partition coefficient (Wildman–Crippen LogP) is 6.14. The van der Waals surface area contributed by atoms with Crippen LogP contribution >= 0.6 is 0 Å². The fourth-order valence-corrected chi connectivity index (χ4v) is 3.61. The van der Waals surface area contributed by atoms with Crippen LogP contribution < -0.4 is 10.6 Å². The van der Waals surface area contributed by atoms with E-state index in [4.69, 9.17) is 0 Å². The van der Waals surface area contributed by atoms with Gasteiger partial charge in [-0.15, -0.1) is 0 Å². The lowest BCUT2D eigenvalue weighted by molar-refractivity contribution is -0.138. The molecule has 34 heavy (non-hydrogen) atoms. The summed E-state index contributed by atoms with van der Waals surface area (Å²) in [5.74, 6) is 0.851. The van der Waals surface area contributed by atoms with Gasteiger partial charge in [-0.25, -0.2) is 9.78 Å². The summed E-state index contributed by atoms with van der Waals surface area (Å²) in [6.07, 6.45) is 3.20. The molecule has 0 saturated carbocycles. The lowest BCUT2D eigenvalue weighted by Crippen LogP contribution is -2.20. The number of urea groups is 1. The molecule has 6 nitrogen and oxygen atoms in total. The number of rotatable bonds is 5. The van der Waals surface area contributed by atoms with Gasteiger partial charge in [-0.2, -0.15) is 13.2 Å². The molecule has 0 saturated heterocycles. The van der Waals surface area contributed by atoms with Crippen molar-refractivity contribution in [1.82, 2.24) is 14.5 Å². The Morgan fingerprint density at radius 2 is 1.71 bits per heavy atom. The molecular formula is C25H22F3N5O. The minimum atomic E-state index is -4.49. The monoisotopic (exact) mass is 465 g/mol. The minimum absolute atomic E-state index is 0.0591. The van der Waals surface area contributed by atoms with Gasteiger partial charge in [-0.3, -0.25) is 4.98 Å². The van der Waals surface area contributed by atoms with Crippen LogP contribution in [0.5, 0.6) is 0 Å². The zero-order valence-electron chi connectivity index (χ0n) is 18.5. The molecule has 2 aromatic carbocycles. The quantitative estimate of drug-likeness (QED) is 0.372. The number of amides is 2. The van der Waals surface area contributed by atoms with Crippen molar-refractivity contribution in [1.29, 1.82) is 0 Å². The molecular weight excluding hydrogens is 443 g/mol. The zero-order chi connectivity index (χ0) is 24.3. The number of carbonyl (C=O) groups excluding carboxylic acids is 1. The van der Waals surface area contributed by atoms with Crippen LogP contribution in [-0.4, -0.2) is 20.6 Å². The predicted molar refractivity (Wildman–Crippen MR) is 124 cm³/mol. The van der Waals surface area contributed by atoms with Gasteiger partial charge in [0.05, 0.1) is 5.56 Å². The zero-order valence-corrected chi connectivity index (χ0v) is 18.5. The Bertz CT molecular complexity index is 1320. The number of nitrogens with zero attached hydrogens (tertiary/aromatic N) is 3. The summed E-state index contributed by atoms with van der Waals surface area (Å²) in [6.45, 7) is 3.21. The second kappa shape index (κ2) is 9.38. The molecule has 2 aromatic heterocycles. The highest BCUT2D eigenvalue weighted by Gasteiger charge is 2.32. The average molecular weight is 465 g/mol. The van der Waals surface area contributed by atoms with Crippen LogP contribution in [0.4, 0.5) is 29.3 Å². The van der Waals surface area contributed by atoms with Gasteiger partial charge in [0, 0.05) is 48.3 Å². The highest BCUT2D eigenvalue weighted by atomic mass is 19.4. The van der Waals surface area contributed by atoms with Crippen LogP contribution in [-0.2, 0) is 12.6 Å². The summed E-state index contributed by atoms with van der Waals surface area (Å²) in [6, 6.07) is 12.4. The van der Waals surface area contributed by atoms with E-state index in [1.807, 2.05) is 42.0 Å². The van der Waals surface area contributed by atoms with Gasteiger partial charge in [0.2, 0.25) is 0 Å². The lowest BCUT2D eigenvalue weighted by atomic mass is 10.1. The number of nitrogens with one attached hydrogen (secondary N) is 2. The first-order valence-corrected chi connectivity index (χ1v) is 10.5. The van der Waals surface area contributed by atoms with E-state index < -0.39 is 17.8 Å². The third-order valence-corrected chi connectivity index (χ3v) is 5.37. The molecule has 9 heteroatoms. The van der Waals surface area contributed by atoms with Crippen molar-refractivity contribution in [2.24, 2.45) is 0 Å². The molecule has 0 atom stereocenters. The van der Waals surface area contributed by atoms with Crippen LogP contribution in [0.25, 0.3) is 5.69 Å². The van der Waals surface area contributed by atoms with E-state index in [1.165, 1.54) is 19.1 Å². The van der Waals surface area contributed by atoms with E-state index in [0.29, 0.717) is 12.1 Å². The van der Waals surface area contributed by atoms with Gasteiger partial charge >= 0.3 is 12.2 Å². The number of aryl methyl sites for hydroxylation is 2. The summed E-state index contributed by atoms with van der Waals surface area (Å²) >= 11 is 0. The number of hydrogen-bond donors (Lipinski definition) is 2. The summed E-state index contributed by atoms with van der Waals surface area (Å²) in [5, 5.41) is 5.16. The summed E-state index contributed by atoms with van der Waals surface area (Å²) in [4.78, 5) is 20.9. The van der Waals surface area contributed by atoms with Crippen LogP contribution in [0.2, 0.25) is 0 Å². The molecule has 2 heterocycles. The van der Waals surface area contributed by atoms with Gasteiger partial charge in [0.1, 0.15) is 5.82 Å². The molecule has 0 aliphatic carbocycles. The SMILES string of the molecule is Cc1cc(-n2ccnc2Cc2ccncc2)ccc1NC(=O)Nc1ccc(C)c(C(F)(F)F)c1. The third-order valence-electron chi connectivity index (χ3n) is 5.37. The molecule has 4 rings (SSSR count). The number of aromatic nitrogens is 3. The van der Waals surface area contributed by atoms with Gasteiger partial charge in [0.25, 0.3) is 0 Å². The molecule has 0 radical (unpaired) electrons. The fourth-order valence-electron chi connectivity index (χ4n) is 3.61. The first kappa shape index (κ1) is 23.0. The van der Waals surface area contributed by atoms with Crippen LogP contribution in [0, 0.1) is 13.8 Å². The minimum Gasteiger partial charge on any atom is -0.308 e. The van der Waals surface area contributed by atoms with Gasteiger partial charge < -0.3 is 15.2 Å². The lowest BCUT2D eigenvalue weighted by Gasteiger charge is -2.15. The number of halogens is 3. The Kier molecular flexibility index (Phi) is 6.36. The van der Waals surface area contributed by atoms with Gasteiger partial charge in [0.15, 0.2) is 0 Å². The second-order valence-corrected chi connectivity index (χ2v) is 7.85. The summed E-state index contributed by atoms with van der Waals surface area (Å²) < 4.78 is 41.4. The highest BCUT2D eigenvalue weighted by Crippen LogP contribution is 2.33. The van der Waals surface area contributed by atoms with E-state index in [1.54, 1.807) is 24.7 Å². The van der Waals surface area contributed by atoms with Crippen molar-refractivity contribution in [2.75, 3.05) is 10.6 Å². The summed E-state index contributed by atoms with van der Waals surface area (Å²) in [7, 11) is 0. The Labute approximate surface area is 194 Å². The van der Waals surface area contributed by atoms with E-state index in [2.05, 4.69) is 20.6 Å². The van der Waals surface area contributed by atoms with E-state index in [0.717, 1.165) is 28.7 Å². The molecule has 0 fully saturated rings. The van der Waals surface area contributed by atoms with Gasteiger partial charge in [-0.05, 0) is 73.0 Å². The molecule has 0 spiro atoms. The number of alkyl halides is 3. The first-order chi connectivity index (χ1) is 16.2. The maximum Gasteiger partial charge on any atom is 0.416 e. The number of imidazole rings is 1. The van der Waals surface area contributed by atoms with Crippen LogP contribution in [0.1, 0.15) is 28.1 Å². The smallest absolute Gasteiger partial charge is 0.308 e. The average Bonchev–Trinajstić information content (AvgIpc) is 3.24. The Balaban J connectivity index is 1.48. The molecule has 0 aliphatic rings. The molecule has 4 aromatic rings. The molecule has 2 amide bonds. The summed E-state index contributed by atoms with van der Waals surface area (Å²) in [5.41, 5.74) is 2.65. The topological polar surface area (TPSA) is 71.8 Å². The molecule has 2 N–H and O–H groups in total. The van der Waals surface area contributed by atoms with Crippen molar-refractivity contribution < 1.29 is 18.0 Å².